The first-order chi connectivity index (χ1) is 15.6. The van der Waals surface area contributed by atoms with E-state index < -0.39 is 0 Å². The van der Waals surface area contributed by atoms with Gasteiger partial charge in [0.2, 0.25) is 0 Å². The number of anilines is 1. The first-order valence-electron chi connectivity index (χ1n) is 11.0. The number of aromatic amines is 2. The molecule has 32 heavy (non-hydrogen) atoms. The fourth-order valence-corrected chi connectivity index (χ4v) is 4.24. The van der Waals surface area contributed by atoms with E-state index in [1.807, 2.05) is 25.3 Å². The molecule has 2 aromatic carbocycles. The lowest BCUT2D eigenvalue weighted by molar-refractivity contribution is 0.340. The molecule has 3 heterocycles. The number of aryl methyl sites for hydroxylation is 1. The number of benzene rings is 2. The summed E-state index contributed by atoms with van der Waals surface area (Å²) in [5.74, 6) is 1.41. The molecule has 0 aliphatic carbocycles. The Hall–Kier alpha value is -3.71. The third-order valence-electron chi connectivity index (χ3n) is 5.75. The molecular formula is C25H28N6O. The topological polar surface area (TPSA) is 94.5 Å². The highest BCUT2D eigenvalue weighted by molar-refractivity contribution is 5.93. The number of hydrogen-bond donors (Lipinski definition) is 4. The van der Waals surface area contributed by atoms with Crippen molar-refractivity contribution in [1.29, 1.82) is 0 Å². The largest absolute Gasteiger partial charge is 0.494 e. The molecule has 1 aliphatic heterocycles. The SMILES string of the molecule is CCOc1ccc2[nH]cc(CCNC3N=C(N)C=CN3c3ccc4[nH]c(C)cc4c3)c2c1. The van der Waals surface area contributed by atoms with Gasteiger partial charge in [-0.1, -0.05) is 0 Å². The highest BCUT2D eigenvalue weighted by Crippen LogP contribution is 2.26. The number of nitrogens with one attached hydrogen (secondary N) is 3. The number of amidine groups is 1. The average molecular weight is 429 g/mol. The van der Waals surface area contributed by atoms with Crippen LogP contribution in [-0.4, -0.2) is 35.2 Å². The Morgan fingerprint density at radius 3 is 2.91 bits per heavy atom. The van der Waals surface area contributed by atoms with Crippen LogP contribution in [0.1, 0.15) is 18.2 Å². The minimum Gasteiger partial charge on any atom is -0.494 e. The number of H-pyrrole nitrogens is 2. The molecule has 0 fully saturated rings. The van der Waals surface area contributed by atoms with Crippen LogP contribution in [0.4, 0.5) is 5.69 Å². The van der Waals surface area contributed by atoms with E-state index in [0.717, 1.165) is 41.1 Å². The minimum absolute atomic E-state index is 0.262. The van der Waals surface area contributed by atoms with E-state index in [-0.39, 0.29) is 6.29 Å². The summed E-state index contributed by atoms with van der Waals surface area (Å²) in [6.45, 7) is 5.48. The van der Waals surface area contributed by atoms with Crippen LogP contribution in [0.3, 0.4) is 0 Å². The molecule has 7 heteroatoms. The van der Waals surface area contributed by atoms with Gasteiger partial charge in [-0.15, -0.1) is 0 Å². The molecular weight excluding hydrogens is 400 g/mol. The maximum absolute atomic E-state index is 6.02. The van der Waals surface area contributed by atoms with Gasteiger partial charge in [-0.05, 0) is 74.4 Å². The predicted octanol–water partition coefficient (Wildman–Crippen LogP) is 4.16. The molecule has 164 valence electrons. The third kappa shape index (κ3) is 3.94. The molecule has 2 aromatic heterocycles. The Kier molecular flexibility index (Phi) is 5.33. The fraction of sp³-hybridized carbons (Fsp3) is 0.240. The minimum atomic E-state index is -0.262. The van der Waals surface area contributed by atoms with Crippen LogP contribution >= 0.6 is 0 Å². The van der Waals surface area contributed by atoms with Crippen molar-refractivity contribution in [3.8, 4) is 5.75 Å². The van der Waals surface area contributed by atoms with Gasteiger partial charge in [0.15, 0.2) is 6.29 Å². The number of rotatable bonds is 7. The van der Waals surface area contributed by atoms with Crippen molar-refractivity contribution in [2.24, 2.45) is 10.7 Å². The third-order valence-corrected chi connectivity index (χ3v) is 5.75. The smallest absolute Gasteiger partial charge is 0.182 e. The zero-order valence-electron chi connectivity index (χ0n) is 18.4. The summed E-state index contributed by atoms with van der Waals surface area (Å²) in [5, 5.41) is 5.92. The highest BCUT2D eigenvalue weighted by atomic mass is 16.5. The lowest BCUT2D eigenvalue weighted by Crippen LogP contribution is -2.45. The van der Waals surface area contributed by atoms with Gasteiger partial charge in [-0.3, -0.25) is 5.32 Å². The molecule has 0 saturated heterocycles. The first-order valence-corrected chi connectivity index (χ1v) is 11.0. The van der Waals surface area contributed by atoms with Crippen LogP contribution in [0.5, 0.6) is 5.75 Å². The number of fused-ring (bicyclic) bond motifs is 2. The van der Waals surface area contributed by atoms with Gasteiger partial charge in [0.05, 0.1) is 6.61 Å². The predicted molar refractivity (Wildman–Crippen MR) is 131 cm³/mol. The summed E-state index contributed by atoms with van der Waals surface area (Å²) in [6.07, 6.45) is 6.48. The molecule has 1 atom stereocenters. The lowest BCUT2D eigenvalue weighted by atomic mass is 10.1. The Morgan fingerprint density at radius 1 is 1.16 bits per heavy atom. The van der Waals surface area contributed by atoms with E-state index in [1.54, 1.807) is 0 Å². The number of nitrogens with zero attached hydrogens (tertiary/aromatic N) is 2. The van der Waals surface area contributed by atoms with E-state index in [4.69, 9.17) is 10.5 Å². The summed E-state index contributed by atoms with van der Waals surface area (Å²) in [4.78, 5) is 13.5. The van der Waals surface area contributed by atoms with Crippen molar-refractivity contribution in [3.05, 3.63) is 72.2 Å². The summed E-state index contributed by atoms with van der Waals surface area (Å²) in [7, 11) is 0. The van der Waals surface area contributed by atoms with Gasteiger partial charge in [0.25, 0.3) is 0 Å². The van der Waals surface area contributed by atoms with Crippen LogP contribution in [0.25, 0.3) is 21.8 Å². The van der Waals surface area contributed by atoms with Crippen LogP contribution < -0.4 is 20.7 Å². The number of hydrogen-bond acceptors (Lipinski definition) is 5. The van der Waals surface area contributed by atoms with Gasteiger partial charge >= 0.3 is 0 Å². The van der Waals surface area contributed by atoms with Gasteiger partial charge in [-0.2, -0.15) is 0 Å². The molecule has 7 nitrogen and oxygen atoms in total. The zero-order chi connectivity index (χ0) is 22.1. The van der Waals surface area contributed by atoms with Crippen molar-refractivity contribution in [3.63, 3.8) is 0 Å². The van der Waals surface area contributed by atoms with Gasteiger partial charge in [0.1, 0.15) is 11.6 Å². The fourth-order valence-electron chi connectivity index (χ4n) is 4.24. The van der Waals surface area contributed by atoms with Crippen molar-refractivity contribution in [2.75, 3.05) is 18.1 Å². The summed E-state index contributed by atoms with van der Waals surface area (Å²) < 4.78 is 5.67. The standard InChI is InChI=1S/C25H28N6O/c1-3-32-20-5-7-23-21(14-20)17(15-28-23)8-10-27-25-30-24(26)9-11-31(25)19-4-6-22-18(13-19)12-16(2)29-22/h4-7,9,11-15,25,27-29H,3,8,10H2,1-2H3,(H2,26,30). The van der Waals surface area contributed by atoms with E-state index in [0.29, 0.717) is 12.4 Å². The number of nitrogens with two attached hydrogens (primary N) is 1. The molecule has 0 bridgehead atoms. The summed E-state index contributed by atoms with van der Waals surface area (Å²) in [6, 6.07) is 14.7. The Morgan fingerprint density at radius 2 is 2.03 bits per heavy atom. The normalized spacial score (nSPS) is 16.1. The Balaban J connectivity index is 1.32. The van der Waals surface area contributed by atoms with E-state index >= 15 is 0 Å². The molecule has 1 aliphatic rings. The second kappa shape index (κ2) is 8.43. The molecule has 1 unspecified atom stereocenters. The monoisotopic (exact) mass is 428 g/mol. The van der Waals surface area contributed by atoms with Crippen molar-refractivity contribution < 1.29 is 4.74 Å². The Labute approximate surface area is 187 Å². The second-order valence-electron chi connectivity index (χ2n) is 8.03. The number of aliphatic imine (C=N–C) groups is 1. The zero-order valence-corrected chi connectivity index (χ0v) is 18.4. The highest BCUT2D eigenvalue weighted by Gasteiger charge is 2.20. The maximum atomic E-state index is 6.02. The molecule has 5 rings (SSSR count). The molecule has 0 saturated carbocycles. The van der Waals surface area contributed by atoms with Crippen LogP contribution in [0.15, 0.2) is 65.9 Å². The van der Waals surface area contributed by atoms with Crippen LogP contribution in [0.2, 0.25) is 0 Å². The van der Waals surface area contributed by atoms with E-state index in [9.17, 15) is 0 Å². The van der Waals surface area contributed by atoms with Gasteiger partial charge < -0.3 is 25.3 Å². The Bertz CT molecular complexity index is 1310. The molecule has 4 aromatic rings. The number of aromatic nitrogens is 2. The van der Waals surface area contributed by atoms with Crippen molar-refractivity contribution in [2.45, 2.75) is 26.6 Å². The van der Waals surface area contributed by atoms with Gasteiger partial charge in [0, 0.05) is 52.1 Å². The van der Waals surface area contributed by atoms with E-state index in [1.165, 1.54) is 16.3 Å². The number of ether oxygens (including phenoxy) is 1. The summed E-state index contributed by atoms with van der Waals surface area (Å²) in [5.41, 5.74) is 11.7. The molecule has 5 N–H and O–H groups in total. The molecule has 0 radical (unpaired) electrons. The van der Waals surface area contributed by atoms with Crippen LogP contribution in [0, 0.1) is 6.92 Å². The van der Waals surface area contributed by atoms with Crippen molar-refractivity contribution >= 4 is 33.3 Å². The van der Waals surface area contributed by atoms with E-state index in [2.05, 4.69) is 74.7 Å². The summed E-state index contributed by atoms with van der Waals surface area (Å²) >= 11 is 0. The molecule has 0 spiro atoms. The van der Waals surface area contributed by atoms with Gasteiger partial charge in [-0.25, -0.2) is 4.99 Å². The first kappa shape index (κ1) is 20.2. The maximum Gasteiger partial charge on any atom is 0.182 e. The van der Waals surface area contributed by atoms with Crippen molar-refractivity contribution in [1.82, 2.24) is 15.3 Å². The average Bonchev–Trinajstić information content (AvgIpc) is 3.35. The lowest BCUT2D eigenvalue weighted by Gasteiger charge is -2.31. The quantitative estimate of drug-likeness (QED) is 0.355. The second-order valence-corrected chi connectivity index (χ2v) is 8.03. The molecule has 0 amide bonds. The van der Waals surface area contributed by atoms with Crippen LogP contribution in [-0.2, 0) is 6.42 Å².